The molecule has 2 N–H and O–H groups in total. The van der Waals surface area contributed by atoms with Crippen molar-refractivity contribution in [2.75, 3.05) is 5.32 Å². The normalized spacial score (nSPS) is 10.4. The highest BCUT2D eigenvalue weighted by Gasteiger charge is 2.11. The maximum absolute atomic E-state index is 12.5. The van der Waals surface area contributed by atoms with Crippen LogP contribution < -0.4 is 10.6 Å². The van der Waals surface area contributed by atoms with Crippen molar-refractivity contribution in [3.05, 3.63) is 101 Å². The van der Waals surface area contributed by atoms with Crippen molar-refractivity contribution < 1.29 is 9.59 Å². The molecular weight excluding hydrogens is 348 g/mol. The Morgan fingerprint density at radius 2 is 1.46 bits per heavy atom. The first-order valence-corrected chi connectivity index (χ1v) is 9.39. The zero-order valence-electron chi connectivity index (χ0n) is 16.2. The Labute approximate surface area is 165 Å². The lowest BCUT2D eigenvalue weighted by molar-refractivity contribution is 0.0951. The standard InChI is InChI=1S/C24H24N2O2/c1-3-18-10-12-22(13-11-18)26-24(28)21-9-5-8-20(15-21)23(27)25-16-19-7-4-6-17(2)14-19/h4-15H,3,16H2,1-2H3,(H,25,27)(H,26,28). The molecule has 3 rings (SSSR count). The molecule has 0 saturated carbocycles. The highest BCUT2D eigenvalue weighted by molar-refractivity contribution is 6.06. The molecule has 3 aromatic carbocycles. The maximum atomic E-state index is 12.5. The smallest absolute Gasteiger partial charge is 0.255 e. The van der Waals surface area contributed by atoms with Crippen LogP contribution in [-0.4, -0.2) is 11.8 Å². The zero-order valence-corrected chi connectivity index (χ0v) is 16.2. The summed E-state index contributed by atoms with van der Waals surface area (Å²) in [5.74, 6) is -0.443. The first-order chi connectivity index (χ1) is 13.5. The highest BCUT2D eigenvalue weighted by Crippen LogP contribution is 2.13. The quantitative estimate of drug-likeness (QED) is 0.657. The minimum Gasteiger partial charge on any atom is -0.348 e. The van der Waals surface area contributed by atoms with Gasteiger partial charge in [-0.15, -0.1) is 0 Å². The fourth-order valence-corrected chi connectivity index (χ4v) is 2.94. The van der Waals surface area contributed by atoms with Crippen LogP contribution in [0.5, 0.6) is 0 Å². The number of amides is 2. The van der Waals surface area contributed by atoms with Crippen LogP contribution >= 0.6 is 0 Å². The van der Waals surface area contributed by atoms with E-state index < -0.39 is 0 Å². The Morgan fingerprint density at radius 3 is 2.14 bits per heavy atom. The SMILES string of the molecule is CCc1ccc(NC(=O)c2cccc(C(=O)NCc3cccc(C)c3)c2)cc1. The third kappa shape index (κ3) is 5.07. The lowest BCUT2D eigenvalue weighted by Crippen LogP contribution is -2.23. The number of rotatable bonds is 6. The van der Waals surface area contributed by atoms with E-state index in [-0.39, 0.29) is 11.8 Å². The van der Waals surface area contributed by atoms with Gasteiger partial charge in [-0.2, -0.15) is 0 Å². The monoisotopic (exact) mass is 372 g/mol. The van der Waals surface area contributed by atoms with Crippen LogP contribution in [0.3, 0.4) is 0 Å². The second-order valence-electron chi connectivity index (χ2n) is 6.76. The summed E-state index contributed by atoms with van der Waals surface area (Å²) in [5.41, 5.74) is 5.04. The van der Waals surface area contributed by atoms with Gasteiger partial charge in [-0.25, -0.2) is 0 Å². The Morgan fingerprint density at radius 1 is 0.786 bits per heavy atom. The summed E-state index contributed by atoms with van der Waals surface area (Å²) in [7, 11) is 0. The third-order valence-corrected chi connectivity index (χ3v) is 4.54. The largest absolute Gasteiger partial charge is 0.348 e. The van der Waals surface area contributed by atoms with E-state index >= 15 is 0 Å². The Kier molecular flexibility index (Phi) is 6.22. The summed E-state index contributed by atoms with van der Waals surface area (Å²) in [5, 5.41) is 5.77. The van der Waals surface area contributed by atoms with Crippen molar-refractivity contribution in [1.82, 2.24) is 5.32 Å². The molecule has 0 spiro atoms. The van der Waals surface area contributed by atoms with Gasteiger partial charge >= 0.3 is 0 Å². The average Bonchev–Trinajstić information content (AvgIpc) is 2.72. The molecule has 0 atom stereocenters. The van der Waals surface area contributed by atoms with Gasteiger partial charge in [0.05, 0.1) is 0 Å². The van der Waals surface area contributed by atoms with Crippen LogP contribution in [0.4, 0.5) is 5.69 Å². The molecule has 0 unspecified atom stereocenters. The average molecular weight is 372 g/mol. The molecule has 0 radical (unpaired) electrons. The van der Waals surface area contributed by atoms with E-state index in [2.05, 4.69) is 17.6 Å². The molecule has 0 aliphatic heterocycles. The van der Waals surface area contributed by atoms with E-state index in [0.29, 0.717) is 17.7 Å². The number of nitrogens with one attached hydrogen (secondary N) is 2. The van der Waals surface area contributed by atoms with Gasteiger partial charge in [0.2, 0.25) is 0 Å². The summed E-state index contributed by atoms with van der Waals surface area (Å²) in [6, 6.07) is 22.5. The second-order valence-corrected chi connectivity index (χ2v) is 6.76. The number of carbonyl (C=O) groups excluding carboxylic acids is 2. The van der Waals surface area contributed by atoms with Gasteiger partial charge in [-0.05, 0) is 54.8 Å². The fraction of sp³-hybridized carbons (Fsp3) is 0.167. The minimum absolute atomic E-state index is 0.205. The summed E-state index contributed by atoms with van der Waals surface area (Å²) in [6.45, 7) is 4.55. The number of hydrogen-bond acceptors (Lipinski definition) is 2. The molecule has 0 aromatic heterocycles. The predicted octanol–water partition coefficient (Wildman–Crippen LogP) is 4.74. The first-order valence-electron chi connectivity index (χ1n) is 9.39. The number of anilines is 1. The lowest BCUT2D eigenvalue weighted by Gasteiger charge is -2.09. The molecule has 142 valence electrons. The predicted molar refractivity (Wildman–Crippen MR) is 113 cm³/mol. The van der Waals surface area contributed by atoms with E-state index in [1.54, 1.807) is 24.3 Å². The van der Waals surface area contributed by atoms with E-state index in [4.69, 9.17) is 0 Å². The number of benzene rings is 3. The first kappa shape index (κ1) is 19.4. The third-order valence-electron chi connectivity index (χ3n) is 4.54. The Hall–Kier alpha value is -3.40. The van der Waals surface area contributed by atoms with E-state index in [1.165, 1.54) is 5.56 Å². The molecule has 4 nitrogen and oxygen atoms in total. The van der Waals surface area contributed by atoms with Crippen LogP contribution in [0.2, 0.25) is 0 Å². The molecule has 0 bridgehead atoms. The van der Waals surface area contributed by atoms with Gasteiger partial charge in [0, 0.05) is 23.4 Å². The Bertz CT molecular complexity index is 978. The fourth-order valence-electron chi connectivity index (χ4n) is 2.94. The summed E-state index contributed by atoms with van der Waals surface area (Å²) >= 11 is 0. The van der Waals surface area contributed by atoms with Crippen molar-refractivity contribution in [1.29, 1.82) is 0 Å². The van der Waals surface area contributed by atoms with Gasteiger partial charge in [0.25, 0.3) is 11.8 Å². The summed E-state index contributed by atoms with van der Waals surface area (Å²) in [6.07, 6.45) is 0.952. The molecular formula is C24H24N2O2. The van der Waals surface area contributed by atoms with Gasteiger partial charge < -0.3 is 10.6 Å². The van der Waals surface area contributed by atoms with E-state index in [1.807, 2.05) is 55.5 Å². The highest BCUT2D eigenvalue weighted by atomic mass is 16.2. The topological polar surface area (TPSA) is 58.2 Å². The molecule has 2 amide bonds. The lowest BCUT2D eigenvalue weighted by atomic mass is 10.1. The molecule has 28 heavy (non-hydrogen) atoms. The molecule has 3 aromatic rings. The number of carbonyl (C=O) groups is 2. The molecule has 0 saturated heterocycles. The van der Waals surface area contributed by atoms with Crippen LogP contribution in [-0.2, 0) is 13.0 Å². The van der Waals surface area contributed by atoms with Crippen molar-refractivity contribution in [3.8, 4) is 0 Å². The van der Waals surface area contributed by atoms with Crippen molar-refractivity contribution in [2.24, 2.45) is 0 Å². The molecule has 0 aliphatic rings. The van der Waals surface area contributed by atoms with Crippen LogP contribution in [0.15, 0.2) is 72.8 Å². The number of aryl methyl sites for hydroxylation is 2. The van der Waals surface area contributed by atoms with Crippen LogP contribution in [0.1, 0.15) is 44.3 Å². The second kappa shape index (κ2) is 9.00. The molecule has 4 heteroatoms. The zero-order chi connectivity index (χ0) is 19.9. The van der Waals surface area contributed by atoms with Crippen molar-refractivity contribution in [3.63, 3.8) is 0 Å². The van der Waals surface area contributed by atoms with E-state index in [9.17, 15) is 9.59 Å². The van der Waals surface area contributed by atoms with Gasteiger partial charge in [-0.1, -0.05) is 55.0 Å². The van der Waals surface area contributed by atoms with E-state index in [0.717, 1.165) is 23.2 Å². The van der Waals surface area contributed by atoms with Crippen molar-refractivity contribution >= 4 is 17.5 Å². The van der Waals surface area contributed by atoms with Gasteiger partial charge in [-0.3, -0.25) is 9.59 Å². The number of hydrogen-bond donors (Lipinski definition) is 2. The molecule has 0 fully saturated rings. The molecule has 0 heterocycles. The summed E-state index contributed by atoms with van der Waals surface area (Å²) in [4.78, 5) is 25.0. The van der Waals surface area contributed by atoms with Gasteiger partial charge in [0.1, 0.15) is 0 Å². The van der Waals surface area contributed by atoms with Crippen molar-refractivity contribution in [2.45, 2.75) is 26.8 Å². The Balaban J connectivity index is 1.65. The van der Waals surface area contributed by atoms with Gasteiger partial charge in [0.15, 0.2) is 0 Å². The maximum Gasteiger partial charge on any atom is 0.255 e. The van der Waals surface area contributed by atoms with Crippen LogP contribution in [0, 0.1) is 6.92 Å². The molecule has 0 aliphatic carbocycles. The minimum atomic E-state index is -0.238. The summed E-state index contributed by atoms with van der Waals surface area (Å²) < 4.78 is 0. The van der Waals surface area contributed by atoms with Crippen LogP contribution in [0.25, 0.3) is 0 Å².